The van der Waals surface area contributed by atoms with Crippen molar-refractivity contribution in [3.8, 4) is 0 Å². The van der Waals surface area contributed by atoms with E-state index in [0.29, 0.717) is 23.1 Å². The van der Waals surface area contributed by atoms with Gasteiger partial charge in [0.15, 0.2) is 0 Å². The predicted molar refractivity (Wildman–Crippen MR) is 71.4 cm³/mol. The monoisotopic (exact) mass is 298 g/mol. The summed E-state index contributed by atoms with van der Waals surface area (Å²) in [4.78, 5) is 34.6. The standard InChI is InChI=1S/C16H10O6/c17-13-9-3-1-7(5-11(9)15(19)21-13)8-2-4-10-12(6-8)16(20)22-14(10)18/h1,3-6,8,15,19H,2H2. The molecule has 22 heavy (non-hydrogen) atoms. The number of aliphatic hydroxyl groups is 1. The molecule has 3 aliphatic rings. The van der Waals surface area contributed by atoms with E-state index < -0.39 is 24.2 Å². The molecule has 1 N–H and O–H groups in total. The average Bonchev–Trinajstić information content (AvgIpc) is 2.96. The summed E-state index contributed by atoms with van der Waals surface area (Å²) in [5, 5.41) is 9.71. The van der Waals surface area contributed by atoms with Crippen molar-refractivity contribution in [2.24, 2.45) is 0 Å². The van der Waals surface area contributed by atoms with Crippen LogP contribution >= 0.6 is 0 Å². The minimum absolute atomic E-state index is 0.134. The Balaban J connectivity index is 1.72. The lowest BCUT2D eigenvalue weighted by atomic mass is 9.85. The van der Waals surface area contributed by atoms with Crippen LogP contribution < -0.4 is 0 Å². The number of esters is 3. The topological polar surface area (TPSA) is 89.9 Å². The van der Waals surface area contributed by atoms with Gasteiger partial charge in [-0.1, -0.05) is 18.2 Å². The quantitative estimate of drug-likeness (QED) is 0.620. The van der Waals surface area contributed by atoms with Gasteiger partial charge in [0, 0.05) is 11.5 Å². The highest BCUT2D eigenvalue weighted by atomic mass is 16.6. The molecule has 0 radical (unpaired) electrons. The molecule has 0 aromatic heterocycles. The van der Waals surface area contributed by atoms with Crippen LogP contribution in [0.3, 0.4) is 0 Å². The van der Waals surface area contributed by atoms with E-state index in [1.165, 1.54) is 0 Å². The first-order valence-corrected chi connectivity index (χ1v) is 6.76. The summed E-state index contributed by atoms with van der Waals surface area (Å²) in [7, 11) is 0. The number of fused-ring (bicyclic) bond motifs is 2. The van der Waals surface area contributed by atoms with Crippen LogP contribution in [0.4, 0.5) is 0 Å². The van der Waals surface area contributed by atoms with Crippen molar-refractivity contribution < 1.29 is 29.0 Å². The minimum atomic E-state index is -1.26. The van der Waals surface area contributed by atoms with E-state index in [-0.39, 0.29) is 11.5 Å². The summed E-state index contributed by atoms with van der Waals surface area (Å²) in [5.74, 6) is -1.94. The number of ether oxygens (including phenoxy) is 2. The zero-order valence-corrected chi connectivity index (χ0v) is 11.2. The van der Waals surface area contributed by atoms with Gasteiger partial charge in [0.2, 0.25) is 6.29 Å². The van der Waals surface area contributed by atoms with Crippen LogP contribution in [0, 0.1) is 0 Å². The number of rotatable bonds is 1. The summed E-state index contributed by atoms with van der Waals surface area (Å²) in [5.41, 5.74) is 2.16. The Bertz CT molecular complexity index is 801. The molecule has 1 saturated heterocycles. The molecule has 2 heterocycles. The number of hydrogen-bond donors (Lipinski definition) is 1. The van der Waals surface area contributed by atoms with E-state index in [1.807, 2.05) is 0 Å². The summed E-state index contributed by atoms with van der Waals surface area (Å²) < 4.78 is 9.32. The Morgan fingerprint density at radius 1 is 1.05 bits per heavy atom. The molecule has 4 rings (SSSR count). The van der Waals surface area contributed by atoms with E-state index in [2.05, 4.69) is 4.74 Å². The summed E-state index contributed by atoms with van der Waals surface area (Å²) in [6, 6.07) is 5.04. The van der Waals surface area contributed by atoms with Crippen molar-refractivity contribution in [3.63, 3.8) is 0 Å². The second-order valence-electron chi connectivity index (χ2n) is 5.32. The van der Waals surface area contributed by atoms with E-state index in [4.69, 9.17) is 4.74 Å². The highest BCUT2D eigenvalue weighted by Gasteiger charge is 2.36. The van der Waals surface area contributed by atoms with Crippen molar-refractivity contribution >= 4 is 17.9 Å². The predicted octanol–water partition coefficient (Wildman–Crippen LogP) is 1.27. The van der Waals surface area contributed by atoms with Crippen LogP contribution in [-0.2, 0) is 19.1 Å². The Hall–Kier alpha value is -2.73. The molecule has 2 aliphatic heterocycles. The van der Waals surface area contributed by atoms with Gasteiger partial charge in [-0.25, -0.2) is 14.4 Å². The molecular formula is C16H10O6. The molecule has 1 aromatic carbocycles. The molecular weight excluding hydrogens is 288 g/mol. The lowest BCUT2D eigenvalue weighted by Crippen LogP contribution is -2.06. The largest absolute Gasteiger partial charge is 0.428 e. The fraction of sp³-hybridized carbons (Fsp3) is 0.188. The third-order valence-electron chi connectivity index (χ3n) is 4.07. The van der Waals surface area contributed by atoms with Gasteiger partial charge in [-0.05, 0) is 24.1 Å². The first-order chi connectivity index (χ1) is 10.5. The van der Waals surface area contributed by atoms with Crippen LogP contribution in [0.1, 0.15) is 40.1 Å². The first kappa shape index (κ1) is 13.0. The lowest BCUT2D eigenvalue weighted by molar-refractivity contribution is -0.149. The Morgan fingerprint density at radius 3 is 2.64 bits per heavy atom. The van der Waals surface area contributed by atoms with E-state index in [9.17, 15) is 19.5 Å². The molecule has 2 atom stereocenters. The number of aliphatic hydroxyl groups excluding tert-OH is 1. The smallest absolute Gasteiger partial charge is 0.346 e. The van der Waals surface area contributed by atoms with Crippen LogP contribution in [0.15, 0.2) is 41.5 Å². The summed E-state index contributed by atoms with van der Waals surface area (Å²) >= 11 is 0. The van der Waals surface area contributed by atoms with Crippen molar-refractivity contribution in [2.45, 2.75) is 18.6 Å². The summed E-state index contributed by atoms with van der Waals surface area (Å²) in [6.45, 7) is 0. The molecule has 6 heteroatoms. The van der Waals surface area contributed by atoms with Crippen molar-refractivity contribution in [1.29, 1.82) is 0 Å². The van der Waals surface area contributed by atoms with Gasteiger partial charge in [0.1, 0.15) is 0 Å². The highest BCUT2D eigenvalue weighted by molar-refractivity contribution is 6.18. The molecule has 110 valence electrons. The van der Waals surface area contributed by atoms with Crippen molar-refractivity contribution in [2.75, 3.05) is 0 Å². The second kappa shape index (κ2) is 4.38. The van der Waals surface area contributed by atoms with E-state index in [1.54, 1.807) is 30.4 Å². The number of carbonyl (C=O) groups is 3. The van der Waals surface area contributed by atoms with Crippen LogP contribution in [0.2, 0.25) is 0 Å². The average molecular weight is 298 g/mol. The van der Waals surface area contributed by atoms with Gasteiger partial charge in [-0.15, -0.1) is 0 Å². The van der Waals surface area contributed by atoms with Crippen LogP contribution in [0.25, 0.3) is 0 Å². The maximum atomic E-state index is 11.6. The number of carbonyl (C=O) groups excluding carboxylic acids is 3. The van der Waals surface area contributed by atoms with Gasteiger partial charge in [0.25, 0.3) is 0 Å². The fourth-order valence-electron chi connectivity index (χ4n) is 2.94. The van der Waals surface area contributed by atoms with Gasteiger partial charge >= 0.3 is 17.9 Å². The van der Waals surface area contributed by atoms with Crippen LogP contribution in [-0.4, -0.2) is 23.0 Å². The zero-order valence-electron chi connectivity index (χ0n) is 11.2. The molecule has 1 aromatic rings. The molecule has 1 fully saturated rings. The molecule has 0 amide bonds. The maximum Gasteiger partial charge on any atom is 0.346 e. The van der Waals surface area contributed by atoms with Gasteiger partial charge < -0.3 is 14.6 Å². The normalized spacial score (nSPS) is 26.0. The zero-order chi connectivity index (χ0) is 15.4. The minimum Gasteiger partial charge on any atom is -0.428 e. The SMILES string of the molecule is O=C1OC(=O)C2=CC(c3ccc4c(c3)C(O)OC4=O)CC=C12. The van der Waals surface area contributed by atoms with Gasteiger partial charge in [0.05, 0.1) is 16.7 Å². The van der Waals surface area contributed by atoms with E-state index in [0.717, 1.165) is 5.56 Å². The third-order valence-corrected chi connectivity index (χ3v) is 4.07. The van der Waals surface area contributed by atoms with Gasteiger partial charge in [-0.3, -0.25) is 0 Å². The Kier molecular flexibility index (Phi) is 2.58. The molecule has 6 nitrogen and oxygen atoms in total. The summed E-state index contributed by atoms with van der Waals surface area (Å²) in [6.07, 6.45) is 2.64. The van der Waals surface area contributed by atoms with Gasteiger partial charge in [-0.2, -0.15) is 0 Å². The van der Waals surface area contributed by atoms with Crippen molar-refractivity contribution in [1.82, 2.24) is 0 Å². The fourth-order valence-corrected chi connectivity index (χ4v) is 2.94. The maximum absolute atomic E-state index is 11.6. The second-order valence-corrected chi connectivity index (χ2v) is 5.32. The third kappa shape index (κ3) is 1.74. The Morgan fingerprint density at radius 2 is 1.82 bits per heavy atom. The highest BCUT2D eigenvalue weighted by Crippen LogP contribution is 2.37. The number of benzene rings is 1. The number of cyclic esters (lactones) is 3. The number of hydrogen-bond acceptors (Lipinski definition) is 6. The van der Waals surface area contributed by atoms with E-state index >= 15 is 0 Å². The molecule has 2 unspecified atom stereocenters. The first-order valence-electron chi connectivity index (χ1n) is 6.76. The molecule has 0 spiro atoms. The molecule has 0 bridgehead atoms. The lowest BCUT2D eigenvalue weighted by Gasteiger charge is -2.16. The Labute approximate surface area is 124 Å². The van der Waals surface area contributed by atoms with Crippen molar-refractivity contribution in [3.05, 3.63) is 58.2 Å². The number of allylic oxidation sites excluding steroid dienone is 2. The molecule has 0 saturated carbocycles. The van der Waals surface area contributed by atoms with Crippen LogP contribution in [0.5, 0.6) is 0 Å². The molecule has 1 aliphatic carbocycles.